The summed E-state index contributed by atoms with van der Waals surface area (Å²) in [6, 6.07) is 4.93. The number of hydrogen-bond acceptors (Lipinski definition) is 3. The highest BCUT2D eigenvalue weighted by molar-refractivity contribution is 7.92. The molecule has 18 heavy (non-hydrogen) atoms. The standard InChI is InChI=1S/C12H18N2O3S/c1-4-7-13-12(15)10-6-5-9(2)11(8-10)14-18(3,16)17/h5-6,8,14H,4,7H2,1-3H3,(H,13,15). The average molecular weight is 270 g/mol. The molecule has 2 N–H and O–H groups in total. The summed E-state index contributed by atoms with van der Waals surface area (Å²) in [5.74, 6) is -0.201. The first-order chi connectivity index (χ1) is 8.33. The number of aryl methyl sites for hydroxylation is 1. The van der Waals surface area contributed by atoms with Gasteiger partial charge in [-0.2, -0.15) is 0 Å². The molecule has 1 rings (SSSR count). The number of sulfonamides is 1. The second kappa shape index (κ2) is 5.86. The average Bonchev–Trinajstić information content (AvgIpc) is 2.27. The van der Waals surface area contributed by atoms with E-state index in [0.717, 1.165) is 18.2 Å². The monoisotopic (exact) mass is 270 g/mol. The molecule has 0 aromatic heterocycles. The van der Waals surface area contributed by atoms with E-state index < -0.39 is 10.0 Å². The number of anilines is 1. The number of benzene rings is 1. The van der Waals surface area contributed by atoms with Gasteiger partial charge in [-0.25, -0.2) is 8.42 Å². The van der Waals surface area contributed by atoms with Crippen molar-refractivity contribution in [3.05, 3.63) is 29.3 Å². The maximum Gasteiger partial charge on any atom is 0.251 e. The Morgan fingerprint density at radius 3 is 2.56 bits per heavy atom. The smallest absolute Gasteiger partial charge is 0.251 e. The summed E-state index contributed by atoms with van der Waals surface area (Å²) in [6.45, 7) is 4.34. The van der Waals surface area contributed by atoms with Crippen molar-refractivity contribution in [1.29, 1.82) is 0 Å². The zero-order valence-corrected chi connectivity index (χ0v) is 11.6. The summed E-state index contributed by atoms with van der Waals surface area (Å²) in [5, 5.41) is 2.74. The van der Waals surface area contributed by atoms with Gasteiger partial charge in [-0.1, -0.05) is 13.0 Å². The molecule has 0 aliphatic rings. The molecule has 0 atom stereocenters. The van der Waals surface area contributed by atoms with Crippen LogP contribution in [0, 0.1) is 6.92 Å². The number of nitrogens with one attached hydrogen (secondary N) is 2. The third-order valence-electron chi connectivity index (χ3n) is 2.33. The van der Waals surface area contributed by atoms with Crippen LogP contribution in [0.1, 0.15) is 29.3 Å². The van der Waals surface area contributed by atoms with Crippen LogP contribution in [-0.2, 0) is 10.0 Å². The molecule has 6 heteroatoms. The minimum atomic E-state index is -3.34. The van der Waals surface area contributed by atoms with Gasteiger partial charge in [-0.15, -0.1) is 0 Å². The van der Waals surface area contributed by atoms with Gasteiger partial charge in [0.15, 0.2) is 0 Å². The Labute approximate surface area is 108 Å². The molecule has 0 bridgehead atoms. The predicted octanol–water partition coefficient (Wildman–Crippen LogP) is 1.51. The second-order valence-corrected chi connectivity index (χ2v) is 5.91. The maximum atomic E-state index is 11.7. The molecule has 0 unspecified atom stereocenters. The molecule has 0 aliphatic carbocycles. The van der Waals surface area contributed by atoms with Crippen LogP contribution < -0.4 is 10.0 Å². The van der Waals surface area contributed by atoms with E-state index in [1.807, 2.05) is 6.92 Å². The molecule has 100 valence electrons. The van der Waals surface area contributed by atoms with Crippen molar-refractivity contribution in [3.8, 4) is 0 Å². The number of amides is 1. The van der Waals surface area contributed by atoms with Crippen molar-refractivity contribution in [3.63, 3.8) is 0 Å². The van der Waals surface area contributed by atoms with Crippen molar-refractivity contribution in [1.82, 2.24) is 5.32 Å². The first-order valence-corrected chi connectivity index (χ1v) is 7.59. The van der Waals surface area contributed by atoms with E-state index in [0.29, 0.717) is 17.8 Å². The molecule has 5 nitrogen and oxygen atoms in total. The summed E-state index contributed by atoms with van der Waals surface area (Å²) in [5.41, 5.74) is 1.65. The fourth-order valence-corrected chi connectivity index (χ4v) is 2.03. The van der Waals surface area contributed by atoms with Crippen molar-refractivity contribution >= 4 is 21.6 Å². The Morgan fingerprint density at radius 2 is 2.00 bits per heavy atom. The summed E-state index contributed by atoms with van der Waals surface area (Å²) < 4.78 is 24.8. The lowest BCUT2D eigenvalue weighted by molar-refractivity contribution is 0.0953. The van der Waals surface area contributed by atoms with Gasteiger partial charge in [0.05, 0.1) is 11.9 Å². The minimum Gasteiger partial charge on any atom is -0.352 e. The summed E-state index contributed by atoms with van der Waals surface area (Å²) in [7, 11) is -3.34. The van der Waals surface area contributed by atoms with Crippen molar-refractivity contribution in [2.45, 2.75) is 20.3 Å². The van der Waals surface area contributed by atoms with E-state index in [1.54, 1.807) is 25.1 Å². The van der Waals surface area contributed by atoms with Crippen LogP contribution >= 0.6 is 0 Å². The minimum absolute atomic E-state index is 0.201. The number of carbonyl (C=O) groups excluding carboxylic acids is 1. The van der Waals surface area contributed by atoms with Crippen LogP contribution in [-0.4, -0.2) is 27.1 Å². The molecule has 0 saturated heterocycles. The first-order valence-electron chi connectivity index (χ1n) is 5.70. The van der Waals surface area contributed by atoms with Crippen molar-refractivity contribution < 1.29 is 13.2 Å². The third-order valence-corrected chi connectivity index (χ3v) is 2.92. The lowest BCUT2D eigenvalue weighted by Gasteiger charge is -2.10. The van der Waals surface area contributed by atoms with Gasteiger partial charge in [0.2, 0.25) is 10.0 Å². The molecule has 1 aromatic rings. The topological polar surface area (TPSA) is 75.3 Å². The molecule has 0 aliphatic heterocycles. The molecule has 0 radical (unpaired) electrons. The molecule has 1 aromatic carbocycles. The molecular formula is C12H18N2O3S. The first kappa shape index (κ1) is 14.5. The molecule has 1 amide bonds. The van der Waals surface area contributed by atoms with Gasteiger partial charge in [-0.05, 0) is 31.0 Å². The Kier molecular flexibility index (Phi) is 4.72. The van der Waals surface area contributed by atoms with E-state index in [2.05, 4.69) is 10.0 Å². The Morgan fingerprint density at radius 1 is 1.33 bits per heavy atom. The number of rotatable bonds is 5. The Bertz CT molecular complexity index is 538. The van der Waals surface area contributed by atoms with Gasteiger partial charge < -0.3 is 5.32 Å². The SMILES string of the molecule is CCCNC(=O)c1ccc(C)c(NS(C)(=O)=O)c1. The highest BCUT2D eigenvalue weighted by Crippen LogP contribution is 2.17. The van der Waals surface area contributed by atoms with Crippen LogP contribution in [0.4, 0.5) is 5.69 Å². The van der Waals surface area contributed by atoms with Crippen LogP contribution in [0.3, 0.4) is 0 Å². The van der Waals surface area contributed by atoms with Gasteiger partial charge in [0.1, 0.15) is 0 Å². The van der Waals surface area contributed by atoms with E-state index >= 15 is 0 Å². The fourth-order valence-electron chi connectivity index (χ4n) is 1.41. The fraction of sp³-hybridized carbons (Fsp3) is 0.417. The highest BCUT2D eigenvalue weighted by atomic mass is 32.2. The van der Waals surface area contributed by atoms with Crippen molar-refractivity contribution in [2.75, 3.05) is 17.5 Å². The Balaban J connectivity index is 2.97. The van der Waals surface area contributed by atoms with Crippen LogP contribution in [0.15, 0.2) is 18.2 Å². The molecule has 0 spiro atoms. The largest absolute Gasteiger partial charge is 0.352 e. The van der Waals surface area contributed by atoms with E-state index in [9.17, 15) is 13.2 Å². The normalized spacial score (nSPS) is 11.1. The van der Waals surface area contributed by atoms with Gasteiger partial charge in [-0.3, -0.25) is 9.52 Å². The van der Waals surface area contributed by atoms with Gasteiger partial charge in [0, 0.05) is 12.1 Å². The van der Waals surface area contributed by atoms with Crippen LogP contribution in [0.2, 0.25) is 0 Å². The maximum absolute atomic E-state index is 11.7. The van der Waals surface area contributed by atoms with Gasteiger partial charge >= 0.3 is 0 Å². The summed E-state index contributed by atoms with van der Waals surface area (Å²) in [4.78, 5) is 11.7. The van der Waals surface area contributed by atoms with Crippen molar-refractivity contribution in [2.24, 2.45) is 0 Å². The summed E-state index contributed by atoms with van der Waals surface area (Å²) in [6.07, 6.45) is 1.93. The number of carbonyl (C=O) groups is 1. The zero-order valence-electron chi connectivity index (χ0n) is 10.8. The third kappa shape index (κ3) is 4.37. The predicted molar refractivity (Wildman–Crippen MR) is 72.3 cm³/mol. The number of hydrogen-bond donors (Lipinski definition) is 2. The Hall–Kier alpha value is -1.56. The van der Waals surface area contributed by atoms with Gasteiger partial charge in [0.25, 0.3) is 5.91 Å². The highest BCUT2D eigenvalue weighted by Gasteiger charge is 2.10. The quantitative estimate of drug-likeness (QED) is 0.851. The molecular weight excluding hydrogens is 252 g/mol. The lowest BCUT2D eigenvalue weighted by atomic mass is 10.1. The van der Waals surface area contributed by atoms with E-state index in [-0.39, 0.29) is 5.91 Å². The van der Waals surface area contributed by atoms with E-state index in [1.165, 1.54) is 0 Å². The summed E-state index contributed by atoms with van der Waals surface area (Å²) >= 11 is 0. The molecule has 0 saturated carbocycles. The lowest BCUT2D eigenvalue weighted by Crippen LogP contribution is -2.24. The van der Waals surface area contributed by atoms with Crippen LogP contribution in [0.5, 0.6) is 0 Å². The van der Waals surface area contributed by atoms with E-state index in [4.69, 9.17) is 0 Å². The molecule has 0 fully saturated rings. The van der Waals surface area contributed by atoms with Crippen LogP contribution in [0.25, 0.3) is 0 Å². The second-order valence-electron chi connectivity index (χ2n) is 4.16. The zero-order chi connectivity index (χ0) is 13.8. The molecule has 0 heterocycles.